The number of nitrogens with zero attached hydrogens (tertiary/aromatic N) is 2. The van der Waals surface area contributed by atoms with Gasteiger partial charge in [-0.2, -0.15) is 0 Å². The molecule has 1 aliphatic carbocycles. The van der Waals surface area contributed by atoms with Gasteiger partial charge in [-0.1, -0.05) is 0 Å². The van der Waals surface area contributed by atoms with Crippen LogP contribution in [-0.4, -0.2) is 33.5 Å². The second-order valence-corrected chi connectivity index (χ2v) is 5.13. The third-order valence-corrected chi connectivity index (χ3v) is 3.84. The summed E-state index contributed by atoms with van der Waals surface area (Å²) in [5, 5.41) is 10.5. The minimum atomic E-state index is -0.565. The maximum atomic E-state index is 10.5. The first-order valence-electron chi connectivity index (χ1n) is 6.34. The Kier molecular flexibility index (Phi) is 3.84. The van der Waals surface area contributed by atoms with Crippen molar-refractivity contribution in [3.8, 4) is 0 Å². The standard InChI is InChI=1S/C13H22N2O2/c1-15-9-8-14-12(15)5-7-13(16)6-3-4-11(10-13)17-2/h8-9,11,16H,3-7,10H2,1-2H3. The van der Waals surface area contributed by atoms with E-state index >= 15 is 0 Å². The van der Waals surface area contributed by atoms with Crippen molar-refractivity contribution >= 4 is 0 Å². The van der Waals surface area contributed by atoms with E-state index < -0.39 is 5.60 Å². The zero-order valence-corrected chi connectivity index (χ0v) is 10.7. The highest BCUT2D eigenvalue weighted by Gasteiger charge is 2.34. The maximum absolute atomic E-state index is 10.5. The predicted molar refractivity (Wildman–Crippen MR) is 65.7 cm³/mol. The lowest BCUT2D eigenvalue weighted by Crippen LogP contribution is -2.38. The summed E-state index contributed by atoms with van der Waals surface area (Å²) in [5.41, 5.74) is -0.565. The first-order valence-corrected chi connectivity index (χ1v) is 6.34. The molecule has 0 spiro atoms. The van der Waals surface area contributed by atoms with Gasteiger partial charge in [0.15, 0.2) is 0 Å². The summed E-state index contributed by atoms with van der Waals surface area (Å²) < 4.78 is 7.38. The van der Waals surface area contributed by atoms with Gasteiger partial charge in [0.1, 0.15) is 5.82 Å². The molecule has 1 fully saturated rings. The van der Waals surface area contributed by atoms with Crippen molar-refractivity contribution in [1.29, 1.82) is 0 Å². The molecule has 1 saturated carbocycles. The molecule has 1 aromatic rings. The highest BCUT2D eigenvalue weighted by atomic mass is 16.5. The van der Waals surface area contributed by atoms with Crippen LogP contribution in [0.15, 0.2) is 12.4 Å². The molecule has 0 bridgehead atoms. The Bertz CT molecular complexity index is 364. The zero-order valence-electron chi connectivity index (χ0n) is 10.7. The molecule has 1 N–H and O–H groups in total. The van der Waals surface area contributed by atoms with Crippen LogP contribution in [0.5, 0.6) is 0 Å². The van der Waals surface area contributed by atoms with E-state index in [-0.39, 0.29) is 6.10 Å². The van der Waals surface area contributed by atoms with Crippen LogP contribution in [0.1, 0.15) is 37.9 Å². The Morgan fingerprint density at radius 3 is 3.12 bits per heavy atom. The van der Waals surface area contributed by atoms with Crippen LogP contribution < -0.4 is 0 Å². The van der Waals surface area contributed by atoms with Crippen LogP contribution in [0.2, 0.25) is 0 Å². The van der Waals surface area contributed by atoms with E-state index in [1.165, 1.54) is 0 Å². The maximum Gasteiger partial charge on any atom is 0.108 e. The van der Waals surface area contributed by atoms with Crippen LogP contribution in [-0.2, 0) is 18.2 Å². The molecule has 2 unspecified atom stereocenters. The molecule has 0 amide bonds. The van der Waals surface area contributed by atoms with Gasteiger partial charge in [-0.05, 0) is 25.7 Å². The molecular weight excluding hydrogens is 216 g/mol. The first-order chi connectivity index (χ1) is 8.13. The average molecular weight is 238 g/mol. The van der Waals surface area contributed by atoms with Gasteiger partial charge in [0, 0.05) is 39.4 Å². The van der Waals surface area contributed by atoms with Crippen molar-refractivity contribution < 1.29 is 9.84 Å². The Labute approximate surface area is 103 Å². The van der Waals surface area contributed by atoms with Gasteiger partial charge < -0.3 is 14.4 Å². The van der Waals surface area contributed by atoms with Crippen LogP contribution >= 0.6 is 0 Å². The quantitative estimate of drug-likeness (QED) is 0.868. The van der Waals surface area contributed by atoms with E-state index in [1.54, 1.807) is 13.3 Å². The van der Waals surface area contributed by atoms with E-state index in [0.717, 1.165) is 44.3 Å². The Hall–Kier alpha value is -0.870. The topological polar surface area (TPSA) is 47.3 Å². The van der Waals surface area contributed by atoms with Gasteiger partial charge in [0.05, 0.1) is 11.7 Å². The van der Waals surface area contributed by atoms with E-state index in [9.17, 15) is 5.11 Å². The van der Waals surface area contributed by atoms with Gasteiger partial charge in [-0.15, -0.1) is 0 Å². The average Bonchev–Trinajstić information content (AvgIpc) is 2.72. The molecular formula is C13H22N2O2. The normalized spacial score (nSPS) is 29.5. The van der Waals surface area contributed by atoms with Crippen molar-refractivity contribution in [3.05, 3.63) is 18.2 Å². The Morgan fingerprint density at radius 1 is 1.65 bits per heavy atom. The highest BCUT2D eigenvalue weighted by Crippen LogP contribution is 2.33. The number of rotatable bonds is 4. The number of aromatic nitrogens is 2. The summed E-state index contributed by atoms with van der Waals surface area (Å²) in [7, 11) is 3.72. The minimum absolute atomic E-state index is 0.218. The van der Waals surface area contributed by atoms with Crippen LogP contribution in [0.25, 0.3) is 0 Å². The fraction of sp³-hybridized carbons (Fsp3) is 0.769. The van der Waals surface area contributed by atoms with Crippen LogP contribution in [0.3, 0.4) is 0 Å². The SMILES string of the molecule is COC1CCCC(O)(CCc2nccn2C)C1. The molecule has 1 aromatic heterocycles. The molecule has 17 heavy (non-hydrogen) atoms. The molecule has 0 saturated heterocycles. The van der Waals surface area contributed by atoms with Gasteiger partial charge in [-0.25, -0.2) is 4.98 Å². The van der Waals surface area contributed by atoms with Crippen molar-refractivity contribution in [2.24, 2.45) is 7.05 Å². The lowest BCUT2D eigenvalue weighted by atomic mass is 9.80. The zero-order chi connectivity index (χ0) is 12.3. The first kappa shape index (κ1) is 12.6. The van der Waals surface area contributed by atoms with Crippen LogP contribution in [0.4, 0.5) is 0 Å². The Balaban J connectivity index is 1.91. The molecule has 0 aliphatic heterocycles. The summed E-state index contributed by atoms with van der Waals surface area (Å²) in [4.78, 5) is 4.29. The van der Waals surface area contributed by atoms with E-state index in [0.29, 0.717) is 0 Å². The summed E-state index contributed by atoms with van der Waals surface area (Å²) in [6, 6.07) is 0. The molecule has 2 atom stereocenters. The number of hydrogen-bond acceptors (Lipinski definition) is 3. The fourth-order valence-electron chi connectivity index (χ4n) is 2.70. The molecule has 96 valence electrons. The summed E-state index contributed by atoms with van der Waals surface area (Å²) in [6.45, 7) is 0. The second-order valence-electron chi connectivity index (χ2n) is 5.13. The molecule has 0 aromatic carbocycles. The van der Waals surface area contributed by atoms with Gasteiger partial charge in [0.25, 0.3) is 0 Å². The second kappa shape index (κ2) is 5.19. The van der Waals surface area contributed by atoms with Crippen molar-refractivity contribution in [3.63, 3.8) is 0 Å². The molecule has 0 radical (unpaired) electrons. The minimum Gasteiger partial charge on any atom is -0.390 e. The van der Waals surface area contributed by atoms with E-state index in [4.69, 9.17) is 4.74 Å². The number of aliphatic hydroxyl groups is 1. The highest BCUT2D eigenvalue weighted by molar-refractivity contribution is 4.95. The molecule has 1 aliphatic rings. The number of methoxy groups -OCH3 is 1. The summed E-state index contributed by atoms with van der Waals surface area (Å²) >= 11 is 0. The third kappa shape index (κ3) is 3.07. The van der Waals surface area contributed by atoms with Gasteiger partial charge in [-0.3, -0.25) is 0 Å². The van der Waals surface area contributed by atoms with Crippen molar-refractivity contribution in [1.82, 2.24) is 9.55 Å². The van der Waals surface area contributed by atoms with Gasteiger partial charge in [0.2, 0.25) is 0 Å². The van der Waals surface area contributed by atoms with E-state index in [2.05, 4.69) is 4.98 Å². The molecule has 1 heterocycles. The summed E-state index contributed by atoms with van der Waals surface area (Å²) in [5.74, 6) is 1.04. The monoisotopic (exact) mass is 238 g/mol. The fourth-order valence-corrected chi connectivity index (χ4v) is 2.70. The smallest absolute Gasteiger partial charge is 0.108 e. The molecule has 2 rings (SSSR count). The number of hydrogen-bond donors (Lipinski definition) is 1. The lowest BCUT2D eigenvalue weighted by Gasteiger charge is -2.36. The van der Waals surface area contributed by atoms with Gasteiger partial charge >= 0.3 is 0 Å². The lowest BCUT2D eigenvalue weighted by molar-refractivity contribution is -0.0633. The molecule has 4 nitrogen and oxygen atoms in total. The number of imidazole rings is 1. The largest absolute Gasteiger partial charge is 0.390 e. The van der Waals surface area contributed by atoms with E-state index in [1.807, 2.05) is 17.8 Å². The summed E-state index contributed by atoms with van der Waals surface area (Å²) in [6.07, 6.45) is 9.34. The van der Waals surface area contributed by atoms with Crippen LogP contribution in [0, 0.1) is 0 Å². The third-order valence-electron chi connectivity index (χ3n) is 3.84. The Morgan fingerprint density at radius 2 is 2.47 bits per heavy atom. The van der Waals surface area contributed by atoms with Crippen molar-refractivity contribution in [2.75, 3.05) is 7.11 Å². The molecule has 4 heteroatoms. The predicted octanol–water partition coefficient (Wildman–Crippen LogP) is 1.67. The number of ether oxygens (including phenoxy) is 1. The number of aryl methyl sites for hydroxylation is 2. The van der Waals surface area contributed by atoms with Crippen molar-refractivity contribution in [2.45, 2.75) is 50.2 Å².